The van der Waals surface area contributed by atoms with Crippen LogP contribution in [-0.4, -0.2) is 17.2 Å². The maximum atomic E-state index is 12.9. The van der Waals surface area contributed by atoms with E-state index in [1.54, 1.807) is 18.0 Å². The quantitative estimate of drug-likeness (QED) is 0.459. The average molecular weight is 349 g/mol. The van der Waals surface area contributed by atoms with E-state index in [4.69, 9.17) is 4.52 Å². The average Bonchev–Trinajstić information content (AvgIpc) is 3.38. The molecule has 1 saturated carbocycles. The molecule has 1 heterocycles. The van der Waals surface area contributed by atoms with Crippen molar-refractivity contribution in [1.29, 1.82) is 0 Å². The maximum Gasteiger partial charge on any atom is 0.198 e. The molecule has 0 radical (unpaired) electrons. The van der Waals surface area contributed by atoms with Gasteiger partial charge >= 0.3 is 0 Å². The number of carbonyl (C=O) groups is 1. The third kappa shape index (κ3) is 3.40. The van der Waals surface area contributed by atoms with Crippen LogP contribution in [0.2, 0.25) is 0 Å². The highest BCUT2D eigenvalue weighted by atomic mass is 32.2. The van der Waals surface area contributed by atoms with Gasteiger partial charge in [0.25, 0.3) is 0 Å². The number of carbonyl (C=O) groups excluding carboxylic acids is 1. The van der Waals surface area contributed by atoms with Gasteiger partial charge in [0.15, 0.2) is 11.5 Å². The van der Waals surface area contributed by atoms with E-state index in [2.05, 4.69) is 41.7 Å². The number of thioether (sulfide) groups is 1. The zero-order chi connectivity index (χ0) is 17.2. The molecule has 0 spiro atoms. The molecular formula is C21H19NO2S. The number of aromatic nitrogens is 1. The van der Waals surface area contributed by atoms with E-state index in [1.807, 2.05) is 18.2 Å². The molecule has 4 rings (SSSR count). The molecule has 0 amide bonds. The number of ketones is 1. The zero-order valence-corrected chi connectivity index (χ0v) is 14.9. The number of hydrogen-bond acceptors (Lipinski definition) is 4. The monoisotopic (exact) mass is 349 g/mol. The Balaban J connectivity index is 1.61. The van der Waals surface area contributed by atoms with Crippen LogP contribution in [0, 0.1) is 0 Å². The third-order valence-corrected chi connectivity index (χ3v) is 5.41. The summed E-state index contributed by atoms with van der Waals surface area (Å²) in [4.78, 5) is 14.2. The smallest absolute Gasteiger partial charge is 0.198 e. The summed E-state index contributed by atoms with van der Waals surface area (Å²) in [5, 5.41) is 3.84. The normalized spacial score (nSPS) is 13.8. The summed E-state index contributed by atoms with van der Waals surface area (Å²) in [5.74, 6) is 1.13. The molecule has 0 N–H and O–H groups in total. The van der Waals surface area contributed by atoms with E-state index in [1.165, 1.54) is 10.5 Å². The van der Waals surface area contributed by atoms with Gasteiger partial charge in [-0.05, 0) is 48.8 Å². The first kappa shape index (κ1) is 16.2. The minimum absolute atomic E-state index is 0.00292. The van der Waals surface area contributed by atoms with Crippen LogP contribution in [0.3, 0.4) is 0 Å². The van der Waals surface area contributed by atoms with Gasteiger partial charge in [-0.15, -0.1) is 11.8 Å². The summed E-state index contributed by atoms with van der Waals surface area (Å²) in [7, 11) is 0. The summed E-state index contributed by atoms with van der Waals surface area (Å²) in [6.07, 6.45) is 6.63. The lowest BCUT2D eigenvalue weighted by molar-refractivity contribution is 0.103. The molecule has 0 atom stereocenters. The summed E-state index contributed by atoms with van der Waals surface area (Å²) in [6.45, 7) is 0. The molecular weight excluding hydrogens is 330 g/mol. The number of nitrogens with zero attached hydrogens (tertiary/aromatic N) is 1. The first-order chi connectivity index (χ1) is 12.3. The third-order valence-electron chi connectivity index (χ3n) is 4.57. The Morgan fingerprint density at radius 2 is 2.04 bits per heavy atom. The molecule has 0 unspecified atom stereocenters. The summed E-state index contributed by atoms with van der Waals surface area (Å²) in [6, 6.07) is 16.3. The fraction of sp³-hybridized carbons (Fsp3) is 0.238. The lowest BCUT2D eigenvalue weighted by atomic mass is 9.98. The van der Waals surface area contributed by atoms with Crippen molar-refractivity contribution in [2.45, 2.75) is 30.1 Å². The fourth-order valence-corrected chi connectivity index (χ4v) is 3.72. The highest BCUT2D eigenvalue weighted by Crippen LogP contribution is 2.42. The molecule has 1 aliphatic rings. The highest BCUT2D eigenvalue weighted by molar-refractivity contribution is 7.98. The van der Waals surface area contributed by atoms with E-state index < -0.39 is 0 Å². The largest absolute Gasteiger partial charge is 0.360 e. The van der Waals surface area contributed by atoms with Gasteiger partial charge in [0.1, 0.15) is 0 Å². The van der Waals surface area contributed by atoms with Crippen LogP contribution in [0.1, 0.15) is 51.6 Å². The number of hydrogen-bond donors (Lipinski definition) is 0. The molecule has 0 bridgehead atoms. The molecule has 1 aromatic heterocycles. The summed E-state index contributed by atoms with van der Waals surface area (Å²) in [5.41, 5.74) is 3.73. The topological polar surface area (TPSA) is 43.1 Å². The maximum absolute atomic E-state index is 12.9. The van der Waals surface area contributed by atoms with E-state index in [-0.39, 0.29) is 5.78 Å². The van der Waals surface area contributed by atoms with Crippen molar-refractivity contribution in [2.75, 3.05) is 6.26 Å². The van der Waals surface area contributed by atoms with Crippen molar-refractivity contribution in [3.8, 4) is 0 Å². The summed E-state index contributed by atoms with van der Waals surface area (Å²) < 4.78 is 5.31. The Morgan fingerprint density at radius 1 is 1.20 bits per heavy atom. The van der Waals surface area contributed by atoms with Crippen LogP contribution in [0.5, 0.6) is 0 Å². The Bertz CT molecular complexity index is 912. The molecule has 0 aliphatic heterocycles. The van der Waals surface area contributed by atoms with Crippen molar-refractivity contribution < 1.29 is 9.32 Å². The highest BCUT2D eigenvalue weighted by Gasteiger charge is 2.32. The number of benzene rings is 2. The van der Waals surface area contributed by atoms with Crippen molar-refractivity contribution in [3.63, 3.8) is 0 Å². The van der Waals surface area contributed by atoms with Crippen LogP contribution in [0.4, 0.5) is 0 Å². The van der Waals surface area contributed by atoms with Crippen molar-refractivity contribution in [2.24, 2.45) is 0 Å². The Hall–Kier alpha value is -2.33. The molecule has 4 heteroatoms. The molecule has 1 aliphatic carbocycles. The van der Waals surface area contributed by atoms with Gasteiger partial charge in [-0.3, -0.25) is 4.79 Å². The van der Waals surface area contributed by atoms with Gasteiger partial charge in [-0.1, -0.05) is 41.6 Å². The molecule has 3 nitrogen and oxygen atoms in total. The second-order valence-corrected chi connectivity index (χ2v) is 7.24. The van der Waals surface area contributed by atoms with Crippen molar-refractivity contribution >= 4 is 17.5 Å². The zero-order valence-electron chi connectivity index (χ0n) is 14.1. The van der Waals surface area contributed by atoms with Gasteiger partial charge < -0.3 is 4.52 Å². The lowest BCUT2D eigenvalue weighted by Gasteiger charge is -2.08. The minimum Gasteiger partial charge on any atom is -0.360 e. The standard InChI is InChI=1S/C21H19NO2S/c1-25-19-8-3-2-6-16(19)11-14-5-4-7-17(12-14)20(23)18-13-22-24-21(18)15-9-10-15/h2-8,12-13,15H,9-11H2,1H3. The van der Waals surface area contributed by atoms with E-state index in [0.29, 0.717) is 17.0 Å². The van der Waals surface area contributed by atoms with Crippen LogP contribution in [0.25, 0.3) is 0 Å². The molecule has 3 aromatic rings. The minimum atomic E-state index is 0.00292. The molecule has 2 aromatic carbocycles. The molecule has 0 saturated heterocycles. The summed E-state index contributed by atoms with van der Waals surface area (Å²) >= 11 is 1.75. The van der Waals surface area contributed by atoms with Crippen LogP contribution in [-0.2, 0) is 6.42 Å². The second-order valence-electron chi connectivity index (χ2n) is 6.40. The Morgan fingerprint density at radius 3 is 2.84 bits per heavy atom. The molecule has 1 fully saturated rings. The SMILES string of the molecule is CSc1ccccc1Cc1cccc(C(=O)c2cnoc2C2CC2)c1. The fourth-order valence-electron chi connectivity index (χ4n) is 3.11. The first-order valence-corrected chi connectivity index (χ1v) is 9.69. The van der Waals surface area contributed by atoms with Crippen LogP contribution in [0.15, 0.2) is 64.1 Å². The van der Waals surface area contributed by atoms with Gasteiger partial charge in [0.2, 0.25) is 0 Å². The van der Waals surface area contributed by atoms with Gasteiger partial charge in [-0.25, -0.2) is 0 Å². The van der Waals surface area contributed by atoms with Crippen molar-refractivity contribution in [1.82, 2.24) is 5.16 Å². The molecule has 126 valence electrons. The predicted octanol–water partition coefficient (Wildman–Crippen LogP) is 5.10. The van der Waals surface area contributed by atoms with Gasteiger partial charge in [-0.2, -0.15) is 0 Å². The lowest BCUT2D eigenvalue weighted by Crippen LogP contribution is -2.03. The van der Waals surface area contributed by atoms with Crippen LogP contribution >= 0.6 is 11.8 Å². The Kier molecular flexibility index (Phi) is 4.45. The predicted molar refractivity (Wildman–Crippen MR) is 99.4 cm³/mol. The first-order valence-electron chi connectivity index (χ1n) is 8.46. The van der Waals surface area contributed by atoms with Crippen LogP contribution < -0.4 is 0 Å². The molecule has 25 heavy (non-hydrogen) atoms. The van der Waals surface area contributed by atoms with E-state index in [0.717, 1.165) is 30.6 Å². The second kappa shape index (κ2) is 6.89. The van der Waals surface area contributed by atoms with Gasteiger partial charge in [0, 0.05) is 16.4 Å². The van der Waals surface area contributed by atoms with E-state index >= 15 is 0 Å². The van der Waals surface area contributed by atoms with E-state index in [9.17, 15) is 4.79 Å². The van der Waals surface area contributed by atoms with Gasteiger partial charge in [0.05, 0.1) is 11.8 Å². The Labute approximate surface area is 151 Å². The van der Waals surface area contributed by atoms with Crippen molar-refractivity contribution in [3.05, 3.63) is 82.7 Å². The number of rotatable bonds is 6.